The van der Waals surface area contributed by atoms with E-state index in [1.165, 1.54) is 0 Å². The van der Waals surface area contributed by atoms with Crippen LogP contribution >= 0.6 is 0 Å². The number of nitrogens with zero attached hydrogens (tertiary/aromatic N) is 1. The molecule has 0 saturated heterocycles. The van der Waals surface area contributed by atoms with Crippen molar-refractivity contribution in [1.29, 1.82) is 0 Å². The summed E-state index contributed by atoms with van der Waals surface area (Å²) in [5.41, 5.74) is -1.18. The number of halogens is 4. The van der Waals surface area contributed by atoms with Gasteiger partial charge >= 0.3 is 6.18 Å². The molecule has 7 heteroatoms. The Balaban J connectivity index is 3.03. The summed E-state index contributed by atoms with van der Waals surface area (Å²) in [7, 11) is 0. The molecule has 0 bridgehead atoms. The van der Waals surface area contributed by atoms with Crippen molar-refractivity contribution in [3.05, 3.63) is 35.1 Å². The maximum absolute atomic E-state index is 13.1. The van der Waals surface area contributed by atoms with Gasteiger partial charge in [-0.2, -0.15) is 13.2 Å². The lowest BCUT2D eigenvalue weighted by Gasteiger charge is -2.17. The zero-order chi connectivity index (χ0) is 14.8. The fourth-order valence-electron chi connectivity index (χ4n) is 1.12. The van der Waals surface area contributed by atoms with E-state index in [0.29, 0.717) is 6.07 Å². The molecule has 1 aromatic rings. The van der Waals surface area contributed by atoms with Gasteiger partial charge in [0.1, 0.15) is 21.9 Å². The number of benzene rings is 1. The van der Waals surface area contributed by atoms with E-state index in [4.69, 9.17) is 0 Å². The Morgan fingerprint density at radius 1 is 1.16 bits per heavy atom. The number of rotatable bonds is 2. The first-order valence-electron chi connectivity index (χ1n) is 5.34. The highest BCUT2D eigenvalue weighted by molar-refractivity contribution is 7.91. The second kappa shape index (κ2) is 5.50. The molecule has 0 saturated carbocycles. The van der Waals surface area contributed by atoms with Crippen LogP contribution in [0.2, 0.25) is 0 Å². The molecule has 1 rings (SSSR count). The van der Waals surface area contributed by atoms with Crippen molar-refractivity contribution in [3.63, 3.8) is 0 Å². The minimum absolute atomic E-state index is 0.0788. The Morgan fingerprint density at radius 2 is 1.74 bits per heavy atom. The third-order valence-corrected chi connectivity index (χ3v) is 3.41. The van der Waals surface area contributed by atoms with Gasteiger partial charge in [0.2, 0.25) is 0 Å². The van der Waals surface area contributed by atoms with E-state index in [-0.39, 0.29) is 5.56 Å². The number of alkyl halides is 3. The summed E-state index contributed by atoms with van der Waals surface area (Å²) in [6.07, 6.45) is -3.65. The first kappa shape index (κ1) is 16.0. The van der Waals surface area contributed by atoms with Gasteiger partial charge in [0, 0.05) is 5.56 Å². The lowest BCUT2D eigenvalue weighted by molar-refractivity contribution is -0.137. The van der Waals surface area contributed by atoms with Crippen LogP contribution in [-0.2, 0) is 17.5 Å². The van der Waals surface area contributed by atoms with Gasteiger partial charge < -0.3 is 4.55 Å². The number of hydrogen-bond donors (Lipinski definition) is 0. The van der Waals surface area contributed by atoms with Gasteiger partial charge in [-0.25, -0.2) is 4.39 Å². The molecule has 1 unspecified atom stereocenters. The molecule has 0 fully saturated rings. The standard InChI is InChI=1S/C12H13F4NOS/c1-11(2,3)19(18)17-7-8-4-9(12(14,15)16)6-10(13)5-8/h4-7H,1-3H3. The zero-order valence-electron chi connectivity index (χ0n) is 10.6. The van der Waals surface area contributed by atoms with Crippen LogP contribution in [-0.4, -0.2) is 15.5 Å². The van der Waals surface area contributed by atoms with Gasteiger partial charge in [-0.1, -0.05) is 4.40 Å². The molecule has 0 aliphatic heterocycles. The largest absolute Gasteiger partial charge is 0.591 e. The Bertz CT molecular complexity index is 480. The molecule has 0 amide bonds. The molecule has 0 spiro atoms. The van der Waals surface area contributed by atoms with Crippen molar-refractivity contribution in [1.82, 2.24) is 0 Å². The molecule has 0 N–H and O–H groups in total. The second-order valence-corrected chi connectivity index (χ2v) is 6.80. The molecular formula is C12H13F4NOS. The van der Waals surface area contributed by atoms with Crippen molar-refractivity contribution < 1.29 is 22.1 Å². The average Bonchev–Trinajstić information content (AvgIpc) is 2.22. The van der Waals surface area contributed by atoms with Crippen LogP contribution in [0.3, 0.4) is 0 Å². The maximum Gasteiger partial charge on any atom is 0.416 e. The van der Waals surface area contributed by atoms with Crippen LogP contribution in [0, 0.1) is 5.82 Å². The highest BCUT2D eigenvalue weighted by Crippen LogP contribution is 2.30. The Morgan fingerprint density at radius 3 is 2.21 bits per heavy atom. The molecule has 0 heterocycles. The van der Waals surface area contributed by atoms with Crippen molar-refractivity contribution >= 4 is 17.6 Å². The number of hydrogen-bond acceptors (Lipinski definition) is 2. The van der Waals surface area contributed by atoms with E-state index in [1.807, 2.05) is 0 Å². The third kappa shape index (κ3) is 4.83. The lowest BCUT2D eigenvalue weighted by atomic mass is 10.1. The van der Waals surface area contributed by atoms with Crippen LogP contribution in [0.5, 0.6) is 0 Å². The summed E-state index contributed by atoms with van der Waals surface area (Å²) in [5, 5.41) is 0. The van der Waals surface area contributed by atoms with E-state index in [9.17, 15) is 22.1 Å². The van der Waals surface area contributed by atoms with Gasteiger partial charge in [0.05, 0.1) is 11.8 Å². The van der Waals surface area contributed by atoms with Gasteiger partial charge in [0.15, 0.2) is 0 Å². The minimum Gasteiger partial charge on any atom is -0.591 e. The maximum atomic E-state index is 13.1. The van der Waals surface area contributed by atoms with Crippen LogP contribution < -0.4 is 0 Å². The second-order valence-electron chi connectivity index (χ2n) is 4.87. The summed E-state index contributed by atoms with van der Waals surface area (Å²) in [5.74, 6) is -1.02. The molecule has 0 radical (unpaired) electrons. The monoisotopic (exact) mass is 295 g/mol. The third-order valence-electron chi connectivity index (χ3n) is 2.07. The highest BCUT2D eigenvalue weighted by Gasteiger charge is 2.31. The van der Waals surface area contributed by atoms with Crippen molar-refractivity contribution in [2.24, 2.45) is 4.40 Å². The van der Waals surface area contributed by atoms with Gasteiger partial charge in [-0.3, -0.25) is 0 Å². The summed E-state index contributed by atoms with van der Waals surface area (Å²) in [6, 6.07) is 2.06. The van der Waals surface area contributed by atoms with Crippen LogP contribution in [0.15, 0.2) is 22.6 Å². The Hall–Kier alpha value is -1.08. The summed E-state index contributed by atoms with van der Waals surface area (Å²) >= 11 is -1.61. The van der Waals surface area contributed by atoms with Crippen LogP contribution in [0.4, 0.5) is 17.6 Å². The lowest BCUT2D eigenvalue weighted by Crippen LogP contribution is -2.25. The average molecular weight is 295 g/mol. The quantitative estimate of drug-likeness (QED) is 0.465. The van der Waals surface area contributed by atoms with E-state index < -0.39 is 33.7 Å². The molecule has 19 heavy (non-hydrogen) atoms. The fourth-order valence-corrected chi connectivity index (χ4v) is 1.65. The van der Waals surface area contributed by atoms with Gasteiger partial charge in [-0.05, 0) is 39.0 Å². The zero-order valence-corrected chi connectivity index (χ0v) is 11.4. The summed E-state index contributed by atoms with van der Waals surface area (Å²) in [4.78, 5) is 0. The summed E-state index contributed by atoms with van der Waals surface area (Å²) in [6.45, 7) is 5.02. The highest BCUT2D eigenvalue weighted by atomic mass is 32.2. The topological polar surface area (TPSA) is 35.4 Å². The van der Waals surface area contributed by atoms with Crippen LogP contribution in [0.25, 0.3) is 0 Å². The molecule has 106 valence electrons. The van der Waals surface area contributed by atoms with Crippen molar-refractivity contribution in [2.45, 2.75) is 31.7 Å². The Labute approximate surface area is 111 Å². The predicted molar refractivity (Wildman–Crippen MR) is 66.9 cm³/mol. The SMILES string of the molecule is CC(C)(C)[S+]([O-])N=Cc1cc(F)cc(C(F)(F)F)c1. The molecule has 1 atom stereocenters. The molecular weight excluding hydrogens is 282 g/mol. The van der Waals surface area contributed by atoms with Crippen molar-refractivity contribution in [3.8, 4) is 0 Å². The van der Waals surface area contributed by atoms with Crippen LogP contribution in [0.1, 0.15) is 31.9 Å². The van der Waals surface area contributed by atoms with Gasteiger partial charge in [0.25, 0.3) is 0 Å². The van der Waals surface area contributed by atoms with Crippen molar-refractivity contribution in [2.75, 3.05) is 0 Å². The van der Waals surface area contributed by atoms with E-state index in [2.05, 4.69) is 4.40 Å². The smallest absolute Gasteiger partial charge is 0.416 e. The molecule has 0 aliphatic carbocycles. The van der Waals surface area contributed by atoms with Gasteiger partial charge in [-0.15, -0.1) is 0 Å². The predicted octanol–water partition coefficient (Wildman–Crippen LogP) is 3.73. The molecule has 1 aromatic carbocycles. The molecule has 0 aliphatic rings. The van der Waals surface area contributed by atoms with E-state index in [0.717, 1.165) is 18.3 Å². The minimum atomic E-state index is -4.63. The summed E-state index contributed by atoms with van der Waals surface area (Å²) < 4.78 is 65.1. The molecule has 2 nitrogen and oxygen atoms in total. The first-order chi connectivity index (χ1) is 8.50. The van der Waals surface area contributed by atoms with E-state index in [1.54, 1.807) is 20.8 Å². The normalized spacial score (nSPS) is 14.9. The fraction of sp³-hybridized carbons (Fsp3) is 0.417. The molecule has 0 aromatic heterocycles. The Kier molecular flexibility index (Phi) is 4.63. The first-order valence-corrected chi connectivity index (χ1v) is 6.44. The van der Waals surface area contributed by atoms with E-state index >= 15 is 0 Å².